The van der Waals surface area contributed by atoms with Crippen LogP contribution in [0.25, 0.3) is 10.6 Å². The number of amides is 1. The first-order valence-corrected chi connectivity index (χ1v) is 8.94. The molecule has 0 saturated heterocycles. The molecule has 5 nitrogen and oxygen atoms in total. The van der Waals surface area contributed by atoms with Crippen LogP contribution in [0.1, 0.15) is 33.4 Å². The lowest BCUT2D eigenvalue weighted by Gasteiger charge is -2.19. The van der Waals surface area contributed by atoms with Gasteiger partial charge in [-0.3, -0.25) is 9.59 Å². The Balaban J connectivity index is 2.24. The molecule has 1 aromatic heterocycles. The normalized spacial score (nSPS) is 11.9. The second-order valence-corrected chi connectivity index (χ2v) is 7.36. The number of thiazole rings is 1. The number of benzene rings is 1. The van der Waals surface area contributed by atoms with E-state index in [9.17, 15) is 9.59 Å². The van der Waals surface area contributed by atoms with Crippen LogP contribution in [0.2, 0.25) is 0 Å². The molecule has 134 valence electrons. The standard InChI is InChI=1S/C19H24N2O3S/c1-11-7-8-15(12(2)9-11)17-20-14(4)16(25-17)18(22)21(5)10-13(3)19(23)24-6/h7-9,13H,10H2,1-6H3. The molecule has 2 aromatic rings. The lowest BCUT2D eigenvalue weighted by Crippen LogP contribution is -2.34. The molecule has 0 aliphatic carbocycles. The van der Waals surface area contributed by atoms with Crippen molar-refractivity contribution in [2.24, 2.45) is 5.92 Å². The molecule has 1 amide bonds. The first-order chi connectivity index (χ1) is 11.7. The van der Waals surface area contributed by atoms with Gasteiger partial charge in [-0.2, -0.15) is 0 Å². The van der Waals surface area contributed by atoms with Crippen molar-refractivity contribution >= 4 is 23.2 Å². The van der Waals surface area contributed by atoms with Gasteiger partial charge < -0.3 is 9.64 Å². The van der Waals surface area contributed by atoms with Gasteiger partial charge in [0.2, 0.25) is 0 Å². The summed E-state index contributed by atoms with van der Waals surface area (Å²) < 4.78 is 4.72. The Kier molecular flexibility index (Phi) is 5.95. The van der Waals surface area contributed by atoms with Gasteiger partial charge in [0.1, 0.15) is 9.88 Å². The quantitative estimate of drug-likeness (QED) is 0.764. The zero-order valence-electron chi connectivity index (χ0n) is 15.5. The number of esters is 1. The van der Waals surface area contributed by atoms with E-state index >= 15 is 0 Å². The maximum atomic E-state index is 12.7. The monoisotopic (exact) mass is 360 g/mol. The van der Waals surface area contributed by atoms with Crippen molar-refractivity contribution < 1.29 is 14.3 Å². The maximum Gasteiger partial charge on any atom is 0.310 e. The second-order valence-electron chi connectivity index (χ2n) is 6.36. The topological polar surface area (TPSA) is 59.5 Å². The van der Waals surface area contributed by atoms with Gasteiger partial charge in [-0.15, -0.1) is 11.3 Å². The van der Waals surface area contributed by atoms with Crippen molar-refractivity contribution in [3.05, 3.63) is 39.9 Å². The van der Waals surface area contributed by atoms with Crippen LogP contribution in [0.4, 0.5) is 0 Å². The molecule has 0 N–H and O–H groups in total. The largest absolute Gasteiger partial charge is 0.469 e. The number of nitrogens with zero attached hydrogens (tertiary/aromatic N) is 2. The van der Waals surface area contributed by atoms with Gasteiger partial charge in [-0.25, -0.2) is 4.98 Å². The summed E-state index contributed by atoms with van der Waals surface area (Å²) in [5.41, 5.74) is 4.09. The van der Waals surface area contributed by atoms with Gasteiger partial charge in [0.25, 0.3) is 5.91 Å². The van der Waals surface area contributed by atoms with Crippen molar-refractivity contribution in [3.8, 4) is 10.6 Å². The lowest BCUT2D eigenvalue weighted by molar-refractivity contribution is -0.145. The number of ether oxygens (including phenoxy) is 1. The van der Waals surface area contributed by atoms with Crippen molar-refractivity contribution in [2.45, 2.75) is 27.7 Å². The molecule has 6 heteroatoms. The minimum absolute atomic E-state index is 0.123. The highest BCUT2D eigenvalue weighted by atomic mass is 32.1. The Labute approximate surface area is 152 Å². The third-order valence-corrected chi connectivity index (χ3v) is 5.28. The van der Waals surface area contributed by atoms with Crippen molar-refractivity contribution in [3.63, 3.8) is 0 Å². The molecular weight excluding hydrogens is 336 g/mol. The van der Waals surface area contributed by atoms with Crippen LogP contribution in [0.5, 0.6) is 0 Å². The lowest BCUT2D eigenvalue weighted by atomic mass is 10.1. The first kappa shape index (κ1) is 19.1. The highest BCUT2D eigenvalue weighted by molar-refractivity contribution is 7.17. The predicted molar refractivity (Wildman–Crippen MR) is 99.9 cm³/mol. The second kappa shape index (κ2) is 7.78. The molecule has 25 heavy (non-hydrogen) atoms. The molecule has 0 spiro atoms. The van der Waals surface area contributed by atoms with E-state index in [4.69, 9.17) is 4.74 Å². The predicted octanol–water partition coefficient (Wildman–Crippen LogP) is 3.62. The molecule has 0 bridgehead atoms. The van der Waals surface area contributed by atoms with Crippen LogP contribution < -0.4 is 0 Å². The third kappa shape index (κ3) is 4.25. The smallest absolute Gasteiger partial charge is 0.310 e. The van der Waals surface area contributed by atoms with Crippen molar-refractivity contribution in [2.75, 3.05) is 20.7 Å². The third-order valence-electron chi connectivity index (χ3n) is 4.10. The summed E-state index contributed by atoms with van der Waals surface area (Å²) in [6.07, 6.45) is 0. The molecule has 0 radical (unpaired) electrons. The van der Waals surface area contributed by atoms with E-state index in [0.717, 1.165) is 16.1 Å². The number of rotatable bonds is 5. The molecule has 2 rings (SSSR count). The number of hydrogen-bond donors (Lipinski definition) is 0. The van der Waals surface area contributed by atoms with Crippen LogP contribution in [-0.2, 0) is 9.53 Å². The summed E-state index contributed by atoms with van der Waals surface area (Å²) in [4.78, 5) is 31.0. The van der Waals surface area contributed by atoms with E-state index in [-0.39, 0.29) is 17.8 Å². The summed E-state index contributed by atoms with van der Waals surface area (Å²) in [5, 5.41) is 0.841. The molecule has 0 saturated carbocycles. The fourth-order valence-corrected chi connectivity index (χ4v) is 3.86. The van der Waals surface area contributed by atoms with Gasteiger partial charge in [0, 0.05) is 19.2 Å². The van der Waals surface area contributed by atoms with Crippen LogP contribution in [0.3, 0.4) is 0 Å². The number of carbonyl (C=O) groups excluding carboxylic acids is 2. The van der Waals surface area contributed by atoms with Gasteiger partial charge in [0.15, 0.2) is 0 Å². The van der Waals surface area contributed by atoms with E-state index in [1.807, 2.05) is 26.0 Å². The van der Waals surface area contributed by atoms with Gasteiger partial charge in [0.05, 0.1) is 18.7 Å². The number of aryl methyl sites for hydroxylation is 3. The highest BCUT2D eigenvalue weighted by Gasteiger charge is 2.23. The number of methoxy groups -OCH3 is 1. The van der Waals surface area contributed by atoms with Gasteiger partial charge in [-0.05, 0) is 26.3 Å². The molecule has 0 aliphatic rings. The number of carbonyl (C=O) groups is 2. The Morgan fingerprint density at radius 2 is 1.96 bits per heavy atom. The van der Waals surface area contributed by atoms with Gasteiger partial charge in [-0.1, -0.05) is 30.7 Å². The zero-order chi connectivity index (χ0) is 18.7. The molecule has 1 aromatic carbocycles. The maximum absolute atomic E-state index is 12.7. The fourth-order valence-electron chi connectivity index (χ4n) is 2.71. The Morgan fingerprint density at radius 3 is 2.56 bits per heavy atom. The first-order valence-electron chi connectivity index (χ1n) is 8.13. The Hall–Kier alpha value is -2.21. The average Bonchev–Trinajstić information content (AvgIpc) is 2.94. The summed E-state index contributed by atoms with van der Waals surface area (Å²) in [6.45, 7) is 7.99. The van der Waals surface area contributed by atoms with Crippen LogP contribution in [-0.4, -0.2) is 42.5 Å². The molecule has 0 aliphatic heterocycles. The number of hydrogen-bond acceptors (Lipinski definition) is 5. The Morgan fingerprint density at radius 1 is 1.28 bits per heavy atom. The number of aromatic nitrogens is 1. The summed E-state index contributed by atoms with van der Waals surface area (Å²) >= 11 is 1.39. The van der Waals surface area contributed by atoms with Crippen LogP contribution >= 0.6 is 11.3 Å². The van der Waals surface area contributed by atoms with Crippen LogP contribution in [0.15, 0.2) is 18.2 Å². The van der Waals surface area contributed by atoms with E-state index in [2.05, 4.69) is 18.0 Å². The van der Waals surface area contributed by atoms with E-state index in [1.165, 1.54) is 24.0 Å². The molecule has 1 unspecified atom stereocenters. The summed E-state index contributed by atoms with van der Waals surface area (Å²) in [6, 6.07) is 6.20. The Bertz CT molecular complexity index is 798. The average molecular weight is 360 g/mol. The highest BCUT2D eigenvalue weighted by Crippen LogP contribution is 2.31. The van der Waals surface area contributed by atoms with E-state index in [0.29, 0.717) is 17.1 Å². The SMILES string of the molecule is COC(=O)C(C)CN(C)C(=O)c1sc(-c2ccc(C)cc2C)nc1C. The fraction of sp³-hybridized carbons (Fsp3) is 0.421. The molecular formula is C19H24N2O3S. The van der Waals surface area contributed by atoms with E-state index in [1.54, 1.807) is 18.9 Å². The van der Waals surface area contributed by atoms with Crippen molar-refractivity contribution in [1.82, 2.24) is 9.88 Å². The summed E-state index contributed by atoms with van der Waals surface area (Å²) in [5.74, 6) is -0.815. The van der Waals surface area contributed by atoms with Gasteiger partial charge >= 0.3 is 5.97 Å². The molecule has 1 atom stereocenters. The zero-order valence-corrected chi connectivity index (χ0v) is 16.4. The molecule has 1 heterocycles. The minimum Gasteiger partial charge on any atom is -0.469 e. The van der Waals surface area contributed by atoms with Crippen molar-refractivity contribution in [1.29, 1.82) is 0 Å². The van der Waals surface area contributed by atoms with Crippen LogP contribution in [0, 0.1) is 26.7 Å². The minimum atomic E-state index is -0.369. The summed E-state index contributed by atoms with van der Waals surface area (Å²) in [7, 11) is 3.04. The van der Waals surface area contributed by atoms with E-state index < -0.39 is 0 Å². The molecule has 0 fully saturated rings.